The van der Waals surface area contributed by atoms with E-state index >= 15 is 0 Å². The number of rotatable bonds is 3. The molecule has 0 radical (unpaired) electrons. The number of aromatic nitrogens is 1. The standard InChI is InChI=1S/C14H14ClN3O/c1-10-2-7-13(9-16-10)18-14(19)17-8-11-3-5-12(15)6-4-11/h2-7,9H,8H2,1H3,(H2,17,18,19). The third kappa shape index (κ3) is 4.26. The fourth-order valence-electron chi connectivity index (χ4n) is 1.50. The average Bonchev–Trinajstić information content (AvgIpc) is 2.41. The number of benzene rings is 1. The molecule has 1 aromatic carbocycles. The molecule has 19 heavy (non-hydrogen) atoms. The zero-order valence-corrected chi connectivity index (χ0v) is 11.2. The number of hydrogen-bond acceptors (Lipinski definition) is 2. The molecule has 5 heteroatoms. The number of nitrogens with zero attached hydrogens (tertiary/aromatic N) is 1. The van der Waals surface area contributed by atoms with Gasteiger partial charge in [0.15, 0.2) is 0 Å². The van der Waals surface area contributed by atoms with Crippen molar-refractivity contribution in [1.82, 2.24) is 10.3 Å². The van der Waals surface area contributed by atoms with Crippen molar-refractivity contribution >= 4 is 23.3 Å². The summed E-state index contributed by atoms with van der Waals surface area (Å²) in [6, 6.07) is 10.7. The van der Waals surface area contributed by atoms with Crippen LogP contribution in [0.3, 0.4) is 0 Å². The molecule has 2 rings (SSSR count). The molecule has 0 saturated carbocycles. The Morgan fingerprint density at radius 3 is 2.58 bits per heavy atom. The normalized spacial score (nSPS) is 10.0. The smallest absolute Gasteiger partial charge is 0.319 e. The van der Waals surface area contributed by atoms with E-state index in [-0.39, 0.29) is 6.03 Å². The lowest BCUT2D eigenvalue weighted by molar-refractivity contribution is 0.251. The lowest BCUT2D eigenvalue weighted by Crippen LogP contribution is -2.28. The van der Waals surface area contributed by atoms with Crippen LogP contribution < -0.4 is 10.6 Å². The van der Waals surface area contributed by atoms with E-state index in [2.05, 4.69) is 15.6 Å². The van der Waals surface area contributed by atoms with Crippen LogP contribution in [0.2, 0.25) is 5.02 Å². The summed E-state index contributed by atoms with van der Waals surface area (Å²) in [5, 5.41) is 6.15. The molecule has 1 aromatic heterocycles. The molecule has 2 N–H and O–H groups in total. The average molecular weight is 276 g/mol. The summed E-state index contributed by atoms with van der Waals surface area (Å²) in [7, 11) is 0. The van der Waals surface area contributed by atoms with Gasteiger partial charge < -0.3 is 10.6 Å². The van der Waals surface area contributed by atoms with E-state index in [1.807, 2.05) is 31.2 Å². The van der Waals surface area contributed by atoms with Gasteiger partial charge in [0.1, 0.15) is 0 Å². The van der Waals surface area contributed by atoms with Gasteiger partial charge in [-0.2, -0.15) is 0 Å². The largest absolute Gasteiger partial charge is 0.334 e. The molecule has 0 aliphatic carbocycles. The number of urea groups is 1. The highest BCUT2D eigenvalue weighted by Gasteiger charge is 2.01. The fraction of sp³-hybridized carbons (Fsp3) is 0.143. The number of hydrogen-bond donors (Lipinski definition) is 2. The molecule has 0 saturated heterocycles. The van der Waals surface area contributed by atoms with Crippen molar-refractivity contribution in [2.45, 2.75) is 13.5 Å². The first-order chi connectivity index (χ1) is 9.13. The summed E-state index contributed by atoms with van der Waals surface area (Å²) < 4.78 is 0. The first kappa shape index (κ1) is 13.4. The molecule has 2 aromatic rings. The lowest BCUT2D eigenvalue weighted by Gasteiger charge is -2.07. The Balaban J connectivity index is 1.84. The number of carbonyl (C=O) groups is 1. The van der Waals surface area contributed by atoms with Crippen molar-refractivity contribution in [3.8, 4) is 0 Å². The van der Waals surface area contributed by atoms with Crippen LogP contribution >= 0.6 is 11.6 Å². The summed E-state index contributed by atoms with van der Waals surface area (Å²) in [6.45, 7) is 2.34. The molecule has 98 valence electrons. The number of pyridine rings is 1. The number of anilines is 1. The van der Waals surface area contributed by atoms with E-state index in [1.54, 1.807) is 18.3 Å². The van der Waals surface area contributed by atoms with Gasteiger partial charge in [-0.1, -0.05) is 23.7 Å². The summed E-state index contributed by atoms with van der Waals surface area (Å²) in [5.41, 5.74) is 2.56. The number of halogens is 1. The van der Waals surface area contributed by atoms with Crippen LogP contribution in [0.15, 0.2) is 42.6 Å². The number of nitrogens with one attached hydrogen (secondary N) is 2. The van der Waals surface area contributed by atoms with Crippen LogP contribution in [0.1, 0.15) is 11.3 Å². The second-order valence-electron chi connectivity index (χ2n) is 4.12. The Morgan fingerprint density at radius 2 is 1.95 bits per heavy atom. The molecule has 0 spiro atoms. The van der Waals surface area contributed by atoms with Crippen LogP contribution in [0.5, 0.6) is 0 Å². The van der Waals surface area contributed by atoms with Gasteiger partial charge in [0.25, 0.3) is 0 Å². The van der Waals surface area contributed by atoms with Crippen molar-refractivity contribution < 1.29 is 4.79 Å². The van der Waals surface area contributed by atoms with Crippen LogP contribution in [-0.4, -0.2) is 11.0 Å². The number of aryl methyl sites for hydroxylation is 1. The van der Waals surface area contributed by atoms with Gasteiger partial charge in [-0.15, -0.1) is 0 Å². The highest BCUT2D eigenvalue weighted by atomic mass is 35.5. The van der Waals surface area contributed by atoms with Crippen LogP contribution in [-0.2, 0) is 6.54 Å². The van der Waals surface area contributed by atoms with Crippen LogP contribution in [0, 0.1) is 6.92 Å². The summed E-state index contributed by atoms with van der Waals surface area (Å²) in [6.07, 6.45) is 1.62. The predicted molar refractivity (Wildman–Crippen MR) is 76.3 cm³/mol. The monoisotopic (exact) mass is 275 g/mol. The molecular formula is C14H14ClN3O. The topological polar surface area (TPSA) is 54.0 Å². The Hall–Kier alpha value is -2.07. The van der Waals surface area contributed by atoms with E-state index in [9.17, 15) is 4.79 Å². The third-order valence-corrected chi connectivity index (χ3v) is 2.79. The minimum atomic E-state index is -0.263. The maximum Gasteiger partial charge on any atom is 0.319 e. The van der Waals surface area contributed by atoms with Gasteiger partial charge in [-0.05, 0) is 36.8 Å². The Kier molecular flexibility index (Phi) is 4.36. The minimum absolute atomic E-state index is 0.263. The van der Waals surface area contributed by atoms with Crippen LogP contribution in [0.25, 0.3) is 0 Å². The first-order valence-electron chi connectivity index (χ1n) is 5.85. The minimum Gasteiger partial charge on any atom is -0.334 e. The van der Waals surface area contributed by atoms with Crippen molar-refractivity contribution in [3.05, 3.63) is 58.9 Å². The van der Waals surface area contributed by atoms with Gasteiger partial charge in [0.2, 0.25) is 0 Å². The molecule has 0 atom stereocenters. The molecule has 0 unspecified atom stereocenters. The van der Waals surface area contributed by atoms with Gasteiger partial charge >= 0.3 is 6.03 Å². The Bertz CT molecular complexity index is 552. The second-order valence-corrected chi connectivity index (χ2v) is 4.56. The number of amides is 2. The second kappa shape index (κ2) is 6.20. The maximum atomic E-state index is 11.7. The summed E-state index contributed by atoms with van der Waals surface area (Å²) >= 11 is 5.79. The molecule has 0 aliphatic heterocycles. The molecule has 1 heterocycles. The highest BCUT2D eigenvalue weighted by molar-refractivity contribution is 6.30. The first-order valence-corrected chi connectivity index (χ1v) is 6.23. The number of carbonyl (C=O) groups excluding carboxylic acids is 1. The molecule has 0 fully saturated rings. The highest BCUT2D eigenvalue weighted by Crippen LogP contribution is 2.09. The van der Waals surface area contributed by atoms with E-state index < -0.39 is 0 Å². The van der Waals surface area contributed by atoms with Crippen molar-refractivity contribution in [2.75, 3.05) is 5.32 Å². The summed E-state index contributed by atoms with van der Waals surface area (Å²) in [4.78, 5) is 15.8. The third-order valence-electron chi connectivity index (χ3n) is 2.54. The predicted octanol–water partition coefficient (Wildman–Crippen LogP) is 3.37. The quantitative estimate of drug-likeness (QED) is 0.902. The zero-order chi connectivity index (χ0) is 13.7. The summed E-state index contributed by atoms with van der Waals surface area (Å²) in [5.74, 6) is 0. The van der Waals surface area contributed by atoms with Crippen molar-refractivity contribution in [3.63, 3.8) is 0 Å². The van der Waals surface area contributed by atoms with Gasteiger partial charge in [0.05, 0.1) is 11.9 Å². The van der Waals surface area contributed by atoms with E-state index in [0.717, 1.165) is 11.3 Å². The van der Waals surface area contributed by atoms with E-state index in [4.69, 9.17) is 11.6 Å². The van der Waals surface area contributed by atoms with Gasteiger partial charge in [0, 0.05) is 17.3 Å². The molecular weight excluding hydrogens is 262 g/mol. The molecule has 4 nitrogen and oxygen atoms in total. The van der Waals surface area contributed by atoms with Gasteiger partial charge in [-0.3, -0.25) is 4.98 Å². The SMILES string of the molecule is Cc1ccc(NC(=O)NCc2ccc(Cl)cc2)cn1. The Morgan fingerprint density at radius 1 is 1.21 bits per heavy atom. The van der Waals surface area contributed by atoms with Crippen molar-refractivity contribution in [2.24, 2.45) is 0 Å². The lowest BCUT2D eigenvalue weighted by atomic mass is 10.2. The van der Waals surface area contributed by atoms with Crippen molar-refractivity contribution in [1.29, 1.82) is 0 Å². The molecule has 0 aliphatic rings. The van der Waals surface area contributed by atoms with E-state index in [1.165, 1.54) is 0 Å². The Labute approximate surface area is 116 Å². The fourth-order valence-corrected chi connectivity index (χ4v) is 1.63. The molecule has 0 bridgehead atoms. The molecule has 2 amide bonds. The van der Waals surface area contributed by atoms with Crippen LogP contribution in [0.4, 0.5) is 10.5 Å². The maximum absolute atomic E-state index is 11.7. The van der Waals surface area contributed by atoms with Gasteiger partial charge in [-0.25, -0.2) is 4.79 Å². The zero-order valence-electron chi connectivity index (χ0n) is 10.5. The van der Waals surface area contributed by atoms with E-state index in [0.29, 0.717) is 17.3 Å².